The molecule has 1 aromatic heterocycles. The quantitative estimate of drug-likeness (QED) is 0.434. The highest BCUT2D eigenvalue weighted by Crippen LogP contribution is 2.13. The van der Waals surface area contributed by atoms with Gasteiger partial charge >= 0.3 is 6.09 Å². The Morgan fingerprint density at radius 2 is 1.77 bits per heavy atom. The minimum atomic E-state index is -0.523. The fourth-order valence-corrected chi connectivity index (χ4v) is 2.61. The molecule has 0 saturated carbocycles. The van der Waals surface area contributed by atoms with E-state index < -0.39 is 11.7 Å². The summed E-state index contributed by atoms with van der Waals surface area (Å²) in [5, 5.41) is 13.2. The molecule has 0 radical (unpaired) electrons. The molecule has 0 bridgehead atoms. The lowest BCUT2D eigenvalue weighted by Gasteiger charge is -2.19. The van der Waals surface area contributed by atoms with Crippen molar-refractivity contribution >= 4 is 17.7 Å². The molecule has 0 aliphatic heterocycles. The molecule has 0 saturated heterocycles. The maximum Gasteiger partial charge on any atom is 0.412 e. The number of carbonyl (C=O) groups is 1. The van der Waals surface area contributed by atoms with Gasteiger partial charge in [0.25, 0.3) is 0 Å². The van der Waals surface area contributed by atoms with Crippen molar-refractivity contribution in [2.45, 2.75) is 59.0 Å². The molecular weight excluding hydrogens is 396 g/mol. The molecule has 0 spiro atoms. The standard InChI is InChI=1S/C22H34N6O3/c1-15(2)19-27-18(31-28-19)12-14-25-20(23-6)24-13-11-16-7-9-17(10-8-16)26-21(29)30-22(3,4)5/h7-10,15H,11-14H2,1-6H3,(H,26,29)(H2,23,24,25). The van der Waals surface area contributed by atoms with Crippen LogP contribution in [0.3, 0.4) is 0 Å². The number of aliphatic imine (C=N–C) groups is 1. The summed E-state index contributed by atoms with van der Waals surface area (Å²) >= 11 is 0. The van der Waals surface area contributed by atoms with Crippen molar-refractivity contribution in [2.75, 3.05) is 25.5 Å². The molecule has 2 rings (SSSR count). The number of carbonyl (C=O) groups excluding carboxylic acids is 1. The third-order valence-electron chi connectivity index (χ3n) is 4.16. The molecule has 31 heavy (non-hydrogen) atoms. The van der Waals surface area contributed by atoms with E-state index in [1.54, 1.807) is 7.05 Å². The van der Waals surface area contributed by atoms with Crippen molar-refractivity contribution in [3.05, 3.63) is 41.5 Å². The first-order valence-electron chi connectivity index (χ1n) is 10.5. The van der Waals surface area contributed by atoms with Crippen LogP contribution in [0.15, 0.2) is 33.8 Å². The zero-order chi connectivity index (χ0) is 22.9. The highest BCUT2D eigenvalue weighted by molar-refractivity contribution is 5.84. The van der Waals surface area contributed by atoms with Gasteiger partial charge in [-0.3, -0.25) is 10.3 Å². The minimum Gasteiger partial charge on any atom is -0.444 e. The van der Waals surface area contributed by atoms with Crippen molar-refractivity contribution in [3.63, 3.8) is 0 Å². The molecule has 0 aliphatic rings. The van der Waals surface area contributed by atoms with Gasteiger partial charge in [-0.1, -0.05) is 31.1 Å². The van der Waals surface area contributed by atoms with Crippen LogP contribution in [0, 0.1) is 0 Å². The number of guanidine groups is 1. The van der Waals surface area contributed by atoms with Gasteiger partial charge in [0.1, 0.15) is 5.60 Å². The summed E-state index contributed by atoms with van der Waals surface area (Å²) in [4.78, 5) is 20.4. The number of anilines is 1. The number of amides is 1. The zero-order valence-electron chi connectivity index (χ0n) is 19.3. The highest BCUT2D eigenvalue weighted by atomic mass is 16.6. The summed E-state index contributed by atoms with van der Waals surface area (Å²) in [6.45, 7) is 10.9. The van der Waals surface area contributed by atoms with E-state index in [0.29, 0.717) is 30.5 Å². The fourth-order valence-electron chi connectivity index (χ4n) is 2.61. The van der Waals surface area contributed by atoms with Crippen molar-refractivity contribution in [3.8, 4) is 0 Å². The van der Waals surface area contributed by atoms with Gasteiger partial charge in [-0.15, -0.1) is 0 Å². The third kappa shape index (κ3) is 9.06. The maximum atomic E-state index is 11.8. The van der Waals surface area contributed by atoms with Crippen LogP contribution < -0.4 is 16.0 Å². The van der Waals surface area contributed by atoms with Crippen molar-refractivity contribution in [2.24, 2.45) is 4.99 Å². The van der Waals surface area contributed by atoms with Crippen molar-refractivity contribution in [1.29, 1.82) is 0 Å². The molecule has 1 aromatic carbocycles. The first-order chi connectivity index (χ1) is 14.7. The number of benzene rings is 1. The molecule has 9 nitrogen and oxygen atoms in total. The van der Waals surface area contributed by atoms with Gasteiger partial charge in [-0.25, -0.2) is 4.79 Å². The second-order valence-corrected chi connectivity index (χ2v) is 8.45. The summed E-state index contributed by atoms with van der Waals surface area (Å²) in [5.41, 5.74) is 1.32. The molecule has 0 aliphatic carbocycles. The van der Waals surface area contributed by atoms with Crippen molar-refractivity contribution in [1.82, 2.24) is 20.8 Å². The van der Waals surface area contributed by atoms with Gasteiger partial charge < -0.3 is 19.9 Å². The molecule has 170 valence electrons. The Kier molecular flexibility index (Phi) is 8.84. The Morgan fingerprint density at radius 1 is 1.13 bits per heavy atom. The number of nitrogens with zero attached hydrogens (tertiary/aromatic N) is 3. The lowest BCUT2D eigenvalue weighted by atomic mass is 10.1. The predicted octanol–water partition coefficient (Wildman–Crippen LogP) is 3.49. The summed E-state index contributed by atoms with van der Waals surface area (Å²) in [5.74, 6) is 2.31. The Balaban J connectivity index is 1.70. The van der Waals surface area contributed by atoms with Gasteiger partial charge in [0.2, 0.25) is 5.89 Å². The average molecular weight is 431 g/mol. The molecule has 0 fully saturated rings. The smallest absolute Gasteiger partial charge is 0.412 e. The predicted molar refractivity (Wildman–Crippen MR) is 121 cm³/mol. The Morgan fingerprint density at radius 3 is 2.32 bits per heavy atom. The third-order valence-corrected chi connectivity index (χ3v) is 4.16. The fraction of sp³-hybridized carbons (Fsp3) is 0.545. The van der Waals surface area contributed by atoms with Crippen LogP contribution in [0.1, 0.15) is 57.8 Å². The largest absolute Gasteiger partial charge is 0.444 e. The normalized spacial score (nSPS) is 12.0. The van der Waals surface area contributed by atoms with E-state index in [2.05, 4.69) is 31.1 Å². The second-order valence-electron chi connectivity index (χ2n) is 8.45. The number of rotatable bonds is 8. The Hall–Kier alpha value is -3.10. The van der Waals surface area contributed by atoms with Gasteiger partial charge in [0, 0.05) is 38.2 Å². The molecule has 3 N–H and O–H groups in total. The van der Waals surface area contributed by atoms with Crippen molar-refractivity contribution < 1.29 is 14.1 Å². The van der Waals surface area contributed by atoms with Gasteiger partial charge in [0.15, 0.2) is 11.8 Å². The van der Waals surface area contributed by atoms with E-state index in [1.807, 2.05) is 58.9 Å². The number of aromatic nitrogens is 2. The lowest BCUT2D eigenvalue weighted by molar-refractivity contribution is 0.0636. The van der Waals surface area contributed by atoms with Gasteiger partial charge in [-0.2, -0.15) is 4.98 Å². The zero-order valence-corrected chi connectivity index (χ0v) is 19.3. The van der Waals surface area contributed by atoms with Crippen LogP contribution in [0.2, 0.25) is 0 Å². The number of nitrogens with one attached hydrogen (secondary N) is 3. The van der Waals surface area contributed by atoms with E-state index in [4.69, 9.17) is 9.26 Å². The Labute approximate surface area is 184 Å². The van der Waals surface area contributed by atoms with E-state index in [1.165, 1.54) is 0 Å². The van der Waals surface area contributed by atoms with E-state index in [-0.39, 0.29) is 5.92 Å². The number of hydrogen-bond donors (Lipinski definition) is 3. The SMILES string of the molecule is CN=C(NCCc1ccc(NC(=O)OC(C)(C)C)cc1)NCCc1nc(C(C)C)no1. The van der Waals surface area contributed by atoms with Crippen LogP contribution in [-0.4, -0.2) is 47.9 Å². The number of ether oxygens (including phenoxy) is 1. The molecule has 0 unspecified atom stereocenters. The molecule has 1 heterocycles. The van der Waals surface area contributed by atoms with E-state index >= 15 is 0 Å². The topological polar surface area (TPSA) is 114 Å². The van der Waals surface area contributed by atoms with Crippen LogP contribution in [-0.2, 0) is 17.6 Å². The van der Waals surface area contributed by atoms with Gasteiger partial charge in [0.05, 0.1) is 0 Å². The second kappa shape index (κ2) is 11.3. The first kappa shape index (κ1) is 24.2. The van der Waals surface area contributed by atoms with Gasteiger partial charge in [-0.05, 0) is 44.9 Å². The minimum absolute atomic E-state index is 0.252. The summed E-state index contributed by atoms with van der Waals surface area (Å²) in [6.07, 6.45) is 0.985. The molecule has 2 aromatic rings. The molecule has 0 atom stereocenters. The van der Waals surface area contributed by atoms with Crippen LogP contribution in [0.4, 0.5) is 10.5 Å². The molecule has 1 amide bonds. The summed E-state index contributed by atoms with van der Waals surface area (Å²) in [7, 11) is 1.73. The van der Waals surface area contributed by atoms with Crippen LogP contribution >= 0.6 is 0 Å². The lowest BCUT2D eigenvalue weighted by Crippen LogP contribution is -2.39. The first-order valence-corrected chi connectivity index (χ1v) is 10.5. The van der Waals surface area contributed by atoms with Crippen LogP contribution in [0.25, 0.3) is 0 Å². The van der Waals surface area contributed by atoms with E-state index in [9.17, 15) is 4.79 Å². The summed E-state index contributed by atoms with van der Waals surface area (Å²) < 4.78 is 10.5. The van der Waals surface area contributed by atoms with E-state index in [0.717, 1.165) is 24.4 Å². The van der Waals surface area contributed by atoms with Crippen LogP contribution in [0.5, 0.6) is 0 Å². The maximum absolute atomic E-state index is 11.8. The molecular formula is C22H34N6O3. The molecule has 9 heteroatoms. The highest BCUT2D eigenvalue weighted by Gasteiger charge is 2.16. The monoisotopic (exact) mass is 430 g/mol. The Bertz CT molecular complexity index is 853. The summed E-state index contributed by atoms with van der Waals surface area (Å²) in [6, 6.07) is 7.68. The average Bonchev–Trinajstić information content (AvgIpc) is 3.16. The number of hydrogen-bond acceptors (Lipinski definition) is 6.